The van der Waals surface area contributed by atoms with Crippen molar-refractivity contribution in [2.24, 2.45) is 0 Å². The highest BCUT2D eigenvalue weighted by Gasteiger charge is 2.19. The summed E-state index contributed by atoms with van der Waals surface area (Å²) in [5, 5.41) is 4.74. The lowest BCUT2D eigenvalue weighted by Crippen LogP contribution is -2.01. The number of thiophene rings is 1. The summed E-state index contributed by atoms with van der Waals surface area (Å²) in [5.74, 6) is 1.83. The standard InChI is InChI=1S/C50H30N4OS/c1-2-11-32(12-3-1)48-52-49(54-50(53-48)40-16-5-4-14-36(40)35-13-10-28-51-30-35)33-22-20-31(21-23-33)37-25-26-38(47-46(37)41-17-6-8-18-43(41)55-47)34-24-27-45-42(29-34)39-15-7-9-19-44(39)56-45/h1-30H. The first kappa shape index (κ1) is 32.2. The first-order valence-corrected chi connectivity index (χ1v) is 19.3. The average molecular weight is 735 g/mol. The molecule has 4 aromatic heterocycles. The van der Waals surface area contributed by atoms with Crippen LogP contribution < -0.4 is 0 Å². The molecule has 0 aliphatic rings. The second-order valence-corrected chi connectivity index (χ2v) is 14.9. The monoisotopic (exact) mass is 734 g/mol. The van der Waals surface area contributed by atoms with E-state index in [-0.39, 0.29) is 0 Å². The minimum Gasteiger partial charge on any atom is -0.455 e. The van der Waals surface area contributed by atoms with Crippen molar-refractivity contribution >= 4 is 53.4 Å². The van der Waals surface area contributed by atoms with Gasteiger partial charge < -0.3 is 4.42 Å². The Labute approximate surface area is 326 Å². The number of aromatic nitrogens is 4. The molecule has 0 saturated carbocycles. The molecule has 0 N–H and O–H groups in total. The molecular formula is C50H30N4OS. The zero-order chi connectivity index (χ0) is 37.0. The topological polar surface area (TPSA) is 64.7 Å². The molecule has 56 heavy (non-hydrogen) atoms. The van der Waals surface area contributed by atoms with Crippen LogP contribution in [0.4, 0.5) is 0 Å². The lowest BCUT2D eigenvalue weighted by atomic mass is 9.93. The van der Waals surface area contributed by atoms with E-state index in [1.54, 1.807) is 6.20 Å². The first-order chi connectivity index (χ1) is 27.7. The van der Waals surface area contributed by atoms with Crippen LogP contribution in [0.15, 0.2) is 187 Å². The molecule has 5 nitrogen and oxygen atoms in total. The van der Waals surface area contributed by atoms with Crippen LogP contribution >= 0.6 is 11.3 Å². The fourth-order valence-corrected chi connectivity index (χ4v) is 8.87. The summed E-state index contributed by atoms with van der Waals surface area (Å²) >= 11 is 1.83. The Bertz CT molecular complexity index is 3240. The van der Waals surface area contributed by atoms with Gasteiger partial charge in [0.1, 0.15) is 11.2 Å². The number of rotatable bonds is 6. The van der Waals surface area contributed by atoms with E-state index in [0.717, 1.165) is 72.0 Å². The summed E-state index contributed by atoms with van der Waals surface area (Å²) in [6.45, 7) is 0. The van der Waals surface area contributed by atoms with Crippen molar-refractivity contribution < 1.29 is 4.42 Å². The largest absolute Gasteiger partial charge is 0.455 e. The molecule has 11 rings (SSSR count). The van der Waals surface area contributed by atoms with Gasteiger partial charge in [0.15, 0.2) is 17.5 Å². The van der Waals surface area contributed by atoms with Crippen molar-refractivity contribution in [2.75, 3.05) is 0 Å². The predicted molar refractivity (Wildman–Crippen MR) is 230 cm³/mol. The number of furan rings is 1. The Morgan fingerprint density at radius 3 is 1.84 bits per heavy atom. The number of fused-ring (bicyclic) bond motifs is 6. The maximum Gasteiger partial charge on any atom is 0.164 e. The third-order valence-electron chi connectivity index (χ3n) is 10.5. The molecule has 262 valence electrons. The Morgan fingerprint density at radius 2 is 1.02 bits per heavy atom. The lowest BCUT2D eigenvalue weighted by Gasteiger charge is -2.12. The fourth-order valence-electron chi connectivity index (χ4n) is 7.78. The van der Waals surface area contributed by atoms with Crippen LogP contribution in [0.5, 0.6) is 0 Å². The van der Waals surface area contributed by atoms with Gasteiger partial charge in [0.2, 0.25) is 0 Å². The van der Waals surface area contributed by atoms with Crippen molar-refractivity contribution in [3.63, 3.8) is 0 Å². The zero-order valence-electron chi connectivity index (χ0n) is 29.9. The number of para-hydroxylation sites is 1. The van der Waals surface area contributed by atoms with Crippen molar-refractivity contribution in [2.45, 2.75) is 0 Å². The molecule has 0 fully saturated rings. The highest BCUT2D eigenvalue weighted by atomic mass is 32.1. The van der Waals surface area contributed by atoms with Crippen LogP contribution in [0, 0.1) is 0 Å². The van der Waals surface area contributed by atoms with Crippen molar-refractivity contribution in [1.82, 2.24) is 19.9 Å². The van der Waals surface area contributed by atoms with E-state index in [1.807, 2.05) is 72.1 Å². The van der Waals surface area contributed by atoms with Gasteiger partial charge in [-0.2, -0.15) is 0 Å². The third-order valence-corrected chi connectivity index (χ3v) is 11.6. The summed E-state index contributed by atoms with van der Waals surface area (Å²) in [7, 11) is 0. The molecule has 0 aliphatic heterocycles. The van der Waals surface area contributed by atoms with Gasteiger partial charge in [0, 0.05) is 71.2 Å². The molecule has 4 heterocycles. The summed E-state index contributed by atoms with van der Waals surface area (Å²) in [4.78, 5) is 19.5. The molecule has 0 spiro atoms. The third kappa shape index (κ3) is 5.46. The van der Waals surface area contributed by atoms with Crippen LogP contribution in [0.1, 0.15) is 0 Å². The molecule has 0 atom stereocenters. The number of hydrogen-bond donors (Lipinski definition) is 0. The minimum absolute atomic E-state index is 0.604. The molecule has 0 bridgehead atoms. The molecule has 0 amide bonds. The molecule has 7 aromatic carbocycles. The van der Waals surface area contributed by atoms with E-state index in [0.29, 0.717) is 17.5 Å². The average Bonchev–Trinajstić information content (AvgIpc) is 3.85. The minimum atomic E-state index is 0.604. The maximum absolute atomic E-state index is 6.70. The number of hydrogen-bond acceptors (Lipinski definition) is 6. The molecule has 0 unspecified atom stereocenters. The van der Waals surface area contributed by atoms with E-state index in [2.05, 4.69) is 120 Å². The van der Waals surface area contributed by atoms with Gasteiger partial charge in [-0.3, -0.25) is 4.98 Å². The van der Waals surface area contributed by atoms with Crippen LogP contribution in [0.2, 0.25) is 0 Å². The summed E-state index contributed by atoms with van der Waals surface area (Å²) in [5.41, 5.74) is 10.9. The Morgan fingerprint density at radius 1 is 0.393 bits per heavy atom. The molecule has 6 heteroatoms. The van der Waals surface area contributed by atoms with Gasteiger partial charge in [0.05, 0.1) is 0 Å². The molecule has 0 aliphatic carbocycles. The van der Waals surface area contributed by atoms with Crippen LogP contribution in [-0.4, -0.2) is 19.9 Å². The maximum atomic E-state index is 6.70. The van der Waals surface area contributed by atoms with Crippen molar-refractivity contribution in [1.29, 1.82) is 0 Å². The second kappa shape index (κ2) is 13.2. The molecule has 0 radical (unpaired) electrons. The molecule has 11 aromatic rings. The van der Waals surface area contributed by atoms with Crippen LogP contribution in [0.25, 0.3) is 110 Å². The van der Waals surface area contributed by atoms with Gasteiger partial charge >= 0.3 is 0 Å². The van der Waals surface area contributed by atoms with E-state index in [1.165, 1.54) is 20.2 Å². The fraction of sp³-hybridized carbons (Fsp3) is 0. The van der Waals surface area contributed by atoms with Crippen LogP contribution in [-0.2, 0) is 0 Å². The number of benzene rings is 7. The Balaban J connectivity index is 1.04. The molecular weight excluding hydrogens is 705 g/mol. The summed E-state index contributed by atoms with van der Waals surface area (Å²) < 4.78 is 9.28. The van der Waals surface area contributed by atoms with Gasteiger partial charge in [-0.05, 0) is 58.7 Å². The van der Waals surface area contributed by atoms with E-state index < -0.39 is 0 Å². The van der Waals surface area contributed by atoms with Gasteiger partial charge in [-0.15, -0.1) is 11.3 Å². The summed E-state index contributed by atoms with van der Waals surface area (Å²) in [6.07, 6.45) is 3.65. The van der Waals surface area contributed by atoms with Crippen molar-refractivity contribution in [3.8, 4) is 67.5 Å². The van der Waals surface area contributed by atoms with E-state index >= 15 is 0 Å². The Hall–Kier alpha value is -7.28. The van der Waals surface area contributed by atoms with E-state index in [4.69, 9.17) is 19.4 Å². The zero-order valence-corrected chi connectivity index (χ0v) is 30.7. The van der Waals surface area contributed by atoms with Gasteiger partial charge in [-0.1, -0.05) is 133 Å². The van der Waals surface area contributed by atoms with Gasteiger partial charge in [-0.25, -0.2) is 15.0 Å². The smallest absolute Gasteiger partial charge is 0.164 e. The van der Waals surface area contributed by atoms with Crippen LogP contribution in [0.3, 0.4) is 0 Å². The quantitative estimate of drug-likeness (QED) is 0.170. The number of pyridine rings is 1. The van der Waals surface area contributed by atoms with Crippen molar-refractivity contribution in [3.05, 3.63) is 182 Å². The highest BCUT2D eigenvalue weighted by molar-refractivity contribution is 7.25. The first-order valence-electron chi connectivity index (χ1n) is 18.5. The highest BCUT2D eigenvalue weighted by Crippen LogP contribution is 2.44. The SMILES string of the molecule is c1ccc(-c2nc(-c3ccc(-c4ccc(-c5ccc6sc7ccccc7c6c5)c5oc6ccccc6c45)cc3)nc(-c3ccccc3-c3cccnc3)n2)cc1. The van der Waals surface area contributed by atoms with Gasteiger partial charge in [0.25, 0.3) is 0 Å². The molecule has 0 saturated heterocycles. The predicted octanol–water partition coefficient (Wildman–Crippen LogP) is 13.5. The van der Waals surface area contributed by atoms with E-state index in [9.17, 15) is 0 Å². The number of nitrogens with zero attached hydrogens (tertiary/aromatic N) is 4. The second-order valence-electron chi connectivity index (χ2n) is 13.8. The lowest BCUT2D eigenvalue weighted by molar-refractivity contribution is 0.670. The summed E-state index contributed by atoms with van der Waals surface area (Å²) in [6, 6.07) is 58.9. The normalized spacial score (nSPS) is 11.6. The Kier molecular flexibility index (Phi) is 7.60.